The number of rotatable bonds is 3. The van der Waals surface area contributed by atoms with E-state index in [1.165, 1.54) is 31.2 Å². The molecule has 1 aromatic rings. The van der Waals surface area contributed by atoms with Gasteiger partial charge >= 0.3 is 0 Å². The summed E-state index contributed by atoms with van der Waals surface area (Å²) < 4.78 is 6.12. The normalized spacial score (nSPS) is 26.8. The SMILES string of the molecule is CCc1cccnc1C(N)C1CCOC2(CCCC2)C1. The standard InChI is InChI=1S/C17H26N2O/c1-2-13-6-5-10-19-16(13)15(18)14-7-11-20-17(12-14)8-3-4-9-17/h5-6,10,14-15H,2-4,7-9,11-12,18H2,1H3. The first kappa shape index (κ1) is 14.0. The van der Waals surface area contributed by atoms with Gasteiger partial charge in [-0.2, -0.15) is 0 Å². The molecule has 1 saturated carbocycles. The Morgan fingerprint density at radius 3 is 3.00 bits per heavy atom. The van der Waals surface area contributed by atoms with Gasteiger partial charge in [0.1, 0.15) is 0 Å². The number of nitrogens with zero attached hydrogens (tertiary/aromatic N) is 1. The molecule has 1 aliphatic carbocycles. The first-order valence-corrected chi connectivity index (χ1v) is 8.07. The minimum absolute atomic E-state index is 0.0625. The lowest BCUT2D eigenvalue weighted by molar-refractivity contribution is -0.0965. The summed E-state index contributed by atoms with van der Waals surface area (Å²) in [4.78, 5) is 4.57. The van der Waals surface area contributed by atoms with E-state index < -0.39 is 0 Å². The third-order valence-corrected chi connectivity index (χ3v) is 5.18. The van der Waals surface area contributed by atoms with Gasteiger partial charge in [0, 0.05) is 12.8 Å². The number of aryl methyl sites for hydroxylation is 1. The smallest absolute Gasteiger partial charge is 0.0686 e. The highest BCUT2D eigenvalue weighted by atomic mass is 16.5. The molecule has 2 fully saturated rings. The summed E-state index contributed by atoms with van der Waals surface area (Å²) in [5.74, 6) is 0.516. The molecular formula is C17H26N2O. The number of ether oxygens (including phenoxy) is 1. The van der Waals surface area contributed by atoms with E-state index in [-0.39, 0.29) is 11.6 Å². The lowest BCUT2D eigenvalue weighted by atomic mass is 9.79. The second-order valence-electron chi connectivity index (χ2n) is 6.42. The highest BCUT2D eigenvalue weighted by Crippen LogP contribution is 2.44. The fourth-order valence-electron chi connectivity index (χ4n) is 4.01. The van der Waals surface area contributed by atoms with Crippen LogP contribution in [0, 0.1) is 5.92 Å². The first-order valence-electron chi connectivity index (χ1n) is 8.07. The van der Waals surface area contributed by atoms with E-state index in [2.05, 4.69) is 18.0 Å². The Kier molecular flexibility index (Phi) is 4.08. The fourth-order valence-corrected chi connectivity index (χ4v) is 4.01. The molecule has 110 valence electrons. The second-order valence-corrected chi connectivity index (χ2v) is 6.42. The van der Waals surface area contributed by atoms with E-state index in [1.807, 2.05) is 12.3 Å². The molecule has 1 aliphatic heterocycles. The monoisotopic (exact) mass is 274 g/mol. The number of aromatic nitrogens is 1. The van der Waals surface area contributed by atoms with Crippen molar-refractivity contribution in [2.24, 2.45) is 11.7 Å². The zero-order chi connectivity index (χ0) is 14.0. The Hall–Kier alpha value is -0.930. The van der Waals surface area contributed by atoms with Crippen LogP contribution in [-0.4, -0.2) is 17.2 Å². The first-order chi connectivity index (χ1) is 9.74. The average molecular weight is 274 g/mol. The molecule has 3 nitrogen and oxygen atoms in total. The summed E-state index contributed by atoms with van der Waals surface area (Å²) in [7, 11) is 0. The van der Waals surface area contributed by atoms with Crippen molar-refractivity contribution in [1.82, 2.24) is 4.98 Å². The van der Waals surface area contributed by atoms with E-state index in [9.17, 15) is 0 Å². The van der Waals surface area contributed by atoms with Gasteiger partial charge < -0.3 is 10.5 Å². The maximum atomic E-state index is 6.58. The van der Waals surface area contributed by atoms with Crippen molar-refractivity contribution < 1.29 is 4.74 Å². The van der Waals surface area contributed by atoms with Crippen molar-refractivity contribution in [3.05, 3.63) is 29.6 Å². The molecule has 2 aliphatic rings. The Morgan fingerprint density at radius 1 is 1.45 bits per heavy atom. The lowest BCUT2D eigenvalue weighted by Gasteiger charge is -2.40. The van der Waals surface area contributed by atoms with Gasteiger partial charge in [0.25, 0.3) is 0 Å². The van der Waals surface area contributed by atoms with E-state index in [4.69, 9.17) is 10.5 Å². The molecule has 3 heteroatoms. The zero-order valence-corrected chi connectivity index (χ0v) is 12.5. The molecule has 3 rings (SSSR count). The van der Waals surface area contributed by atoms with Crippen LogP contribution in [0.5, 0.6) is 0 Å². The summed E-state index contributed by atoms with van der Waals surface area (Å²) >= 11 is 0. The van der Waals surface area contributed by atoms with Crippen LogP contribution in [0.15, 0.2) is 18.3 Å². The van der Waals surface area contributed by atoms with Gasteiger partial charge in [-0.05, 0) is 49.7 Å². The Morgan fingerprint density at radius 2 is 2.25 bits per heavy atom. The molecule has 1 saturated heterocycles. The molecule has 0 bridgehead atoms. The van der Waals surface area contributed by atoms with Gasteiger partial charge in [0.2, 0.25) is 0 Å². The summed E-state index contributed by atoms with van der Waals surface area (Å²) in [6.07, 6.45) is 10.1. The van der Waals surface area contributed by atoms with Crippen LogP contribution >= 0.6 is 0 Å². The summed E-state index contributed by atoms with van der Waals surface area (Å²) in [6, 6.07) is 4.23. The van der Waals surface area contributed by atoms with Gasteiger partial charge in [0.05, 0.1) is 17.3 Å². The van der Waals surface area contributed by atoms with Crippen LogP contribution in [0.3, 0.4) is 0 Å². The van der Waals surface area contributed by atoms with Crippen LogP contribution in [0.25, 0.3) is 0 Å². The quantitative estimate of drug-likeness (QED) is 0.919. The molecule has 1 aromatic heterocycles. The van der Waals surface area contributed by atoms with Crippen LogP contribution in [0.4, 0.5) is 0 Å². The van der Waals surface area contributed by atoms with Crippen molar-refractivity contribution in [3.8, 4) is 0 Å². The van der Waals surface area contributed by atoms with Crippen LogP contribution in [-0.2, 0) is 11.2 Å². The number of nitrogens with two attached hydrogens (primary N) is 1. The predicted octanol–water partition coefficient (Wildman–Crippen LogP) is 3.38. The predicted molar refractivity (Wildman–Crippen MR) is 80.4 cm³/mol. The summed E-state index contributed by atoms with van der Waals surface area (Å²) in [5, 5.41) is 0. The largest absolute Gasteiger partial charge is 0.375 e. The Balaban J connectivity index is 1.77. The van der Waals surface area contributed by atoms with Crippen LogP contribution in [0.1, 0.15) is 62.7 Å². The molecule has 2 unspecified atom stereocenters. The summed E-state index contributed by atoms with van der Waals surface area (Å²) in [5.41, 5.74) is 9.12. The topological polar surface area (TPSA) is 48.1 Å². The molecule has 2 N–H and O–H groups in total. The van der Waals surface area contributed by atoms with Crippen LogP contribution in [0.2, 0.25) is 0 Å². The molecule has 2 atom stereocenters. The number of hydrogen-bond acceptors (Lipinski definition) is 3. The minimum Gasteiger partial charge on any atom is -0.375 e. The van der Waals surface area contributed by atoms with E-state index in [1.54, 1.807) is 0 Å². The fraction of sp³-hybridized carbons (Fsp3) is 0.706. The van der Waals surface area contributed by atoms with E-state index in [0.717, 1.165) is 31.6 Å². The molecule has 1 spiro atoms. The van der Waals surface area contributed by atoms with Crippen molar-refractivity contribution in [2.75, 3.05) is 6.61 Å². The maximum absolute atomic E-state index is 6.58. The Bertz CT molecular complexity index is 454. The summed E-state index contributed by atoms with van der Waals surface area (Å²) in [6.45, 7) is 3.04. The molecule has 0 radical (unpaired) electrons. The van der Waals surface area contributed by atoms with Crippen molar-refractivity contribution in [3.63, 3.8) is 0 Å². The minimum atomic E-state index is 0.0625. The van der Waals surface area contributed by atoms with Gasteiger partial charge in [-0.15, -0.1) is 0 Å². The Labute approximate surface area is 121 Å². The third-order valence-electron chi connectivity index (χ3n) is 5.18. The zero-order valence-electron chi connectivity index (χ0n) is 12.5. The van der Waals surface area contributed by atoms with E-state index in [0.29, 0.717) is 5.92 Å². The van der Waals surface area contributed by atoms with Gasteiger partial charge in [0.15, 0.2) is 0 Å². The lowest BCUT2D eigenvalue weighted by Crippen LogP contribution is -2.41. The van der Waals surface area contributed by atoms with Gasteiger partial charge in [-0.25, -0.2) is 0 Å². The average Bonchev–Trinajstić information content (AvgIpc) is 2.94. The van der Waals surface area contributed by atoms with Crippen molar-refractivity contribution >= 4 is 0 Å². The highest BCUT2D eigenvalue weighted by molar-refractivity contribution is 5.23. The van der Waals surface area contributed by atoms with Crippen molar-refractivity contribution in [1.29, 1.82) is 0 Å². The second kappa shape index (κ2) is 5.82. The van der Waals surface area contributed by atoms with Gasteiger partial charge in [-0.1, -0.05) is 25.8 Å². The maximum Gasteiger partial charge on any atom is 0.0686 e. The number of hydrogen-bond donors (Lipinski definition) is 1. The molecule has 2 heterocycles. The van der Waals surface area contributed by atoms with E-state index >= 15 is 0 Å². The van der Waals surface area contributed by atoms with Crippen LogP contribution < -0.4 is 5.73 Å². The molecule has 0 aromatic carbocycles. The molecule has 0 amide bonds. The van der Waals surface area contributed by atoms with Gasteiger partial charge in [-0.3, -0.25) is 4.98 Å². The molecular weight excluding hydrogens is 248 g/mol. The molecule has 20 heavy (non-hydrogen) atoms. The highest BCUT2D eigenvalue weighted by Gasteiger charge is 2.41. The third kappa shape index (κ3) is 2.61. The van der Waals surface area contributed by atoms with Crippen molar-refractivity contribution in [2.45, 2.75) is 63.5 Å². The number of pyridine rings is 1.